The minimum atomic E-state index is -0.848. The zero-order valence-electron chi connectivity index (χ0n) is 9.60. The van der Waals surface area contributed by atoms with E-state index in [4.69, 9.17) is 0 Å². The minimum absolute atomic E-state index is 0.0354. The lowest BCUT2D eigenvalue weighted by Crippen LogP contribution is -2.00. The Hall–Kier alpha value is -1.91. The van der Waals surface area contributed by atoms with Crippen LogP contribution < -0.4 is 0 Å². The van der Waals surface area contributed by atoms with Crippen molar-refractivity contribution in [3.05, 3.63) is 45.5 Å². The molecule has 0 aliphatic rings. The smallest absolute Gasteiger partial charge is 0.294 e. The molecule has 0 spiro atoms. The molecule has 0 atom stereocenters. The van der Waals surface area contributed by atoms with Crippen molar-refractivity contribution in [1.29, 1.82) is 0 Å². The molecule has 0 aromatic heterocycles. The second-order valence-corrected chi connectivity index (χ2v) is 2.75. The van der Waals surface area contributed by atoms with Crippen molar-refractivity contribution in [3.63, 3.8) is 0 Å². The van der Waals surface area contributed by atoms with E-state index < -0.39 is 5.09 Å². The predicted octanol–water partition coefficient (Wildman–Crippen LogP) is 2.62. The van der Waals surface area contributed by atoms with Crippen molar-refractivity contribution in [2.45, 2.75) is 27.4 Å². The summed E-state index contributed by atoms with van der Waals surface area (Å²) in [4.78, 5) is 24.9. The number of rotatable bonds is 4. The highest BCUT2D eigenvalue weighted by Gasteiger charge is 2.00. The second-order valence-electron chi connectivity index (χ2n) is 2.75. The van der Waals surface area contributed by atoms with Gasteiger partial charge in [0.15, 0.2) is 5.78 Å². The topological polar surface area (TPSA) is 69.4 Å². The van der Waals surface area contributed by atoms with Gasteiger partial charge in [0.05, 0.1) is 0 Å². The number of hydrogen-bond donors (Lipinski definition) is 0. The van der Waals surface area contributed by atoms with Gasteiger partial charge in [0.1, 0.15) is 6.61 Å². The van der Waals surface area contributed by atoms with Crippen LogP contribution in [0.25, 0.3) is 0 Å². The molecule has 1 rings (SSSR count). The van der Waals surface area contributed by atoms with E-state index in [1.165, 1.54) is 6.92 Å². The molecule has 0 bridgehead atoms. The van der Waals surface area contributed by atoms with Gasteiger partial charge in [-0.15, -0.1) is 10.1 Å². The minimum Gasteiger partial charge on any atom is -0.309 e. The lowest BCUT2D eigenvalue weighted by Gasteiger charge is -2.00. The van der Waals surface area contributed by atoms with E-state index in [2.05, 4.69) is 4.84 Å². The normalized spacial score (nSPS) is 8.69. The number of ketones is 1. The van der Waals surface area contributed by atoms with Crippen molar-refractivity contribution in [2.24, 2.45) is 0 Å². The van der Waals surface area contributed by atoms with Gasteiger partial charge >= 0.3 is 0 Å². The molecule has 0 fully saturated rings. The quantitative estimate of drug-likeness (QED) is 0.448. The maximum absolute atomic E-state index is 10.9. The molecule has 5 heteroatoms. The summed E-state index contributed by atoms with van der Waals surface area (Å²) >= 11 is 0. The maximum Gasteiger partial charge on any atom is 0.294 e. The highest BCUT2D eigenvalue weighted by molar-refractivity contribution is 5.93. The monoisotopic (exact) mass is 225 g/mol. The van der Waals surface area contributed by atoms with E-state index in [1.54, 1.807) is 24.3 Å². The Labute approximate surface area is 94.1 Å². The average Bonchev–Trinajstić information content (AvgIpc) is 2.29. The van der Waals surface area contributed by atoms with Crippen LogP contribution in [-0.4, -0.2) is 10.9 Å². The SMILES string of the molecule is CC.CC(=O)c1ccc(CO[N+](=O)[O-])cc1. The Morgan fingerprint density at radius 1 is 1.31 bits per heavy atom. The Kier molecular flexibility index (Phi) is 6.51. The van der Waals surface area contributed by atoms with Crippen LogP contribution in [0.5, 0.6) is 0 Å². The van der Waals surface area contributed by atoms with E-state index in [0.717, 1.165) is 0 Å². The molecule has 0 saturated heterocycles. The van der Waals surface area contributed by atoms with Crippen LogP contribution in [0.15, 0.2) is 24.3 Å². The molecule has 0 heterocycles. The summed E-state index contributed by atoms with van der Waals surface area (Å²) in [5.74, 6) is -0.0354. The number of carbonyl (C=O) groups is 1. The summed E-state index contributed by atoms with van der Waals surface area (Å²) in [6.45, 7) is 5.37. The van der Waals surface area contributed by atoms with E-state index in [-0.39, 0.29) is 12.4 Å². The van der Waals surface area contributed by atoms with Crippen LogP contribution in [0.2, 0.25) is 0 Å². The molecule has 1 aromatic carbocycles. The fourth-order valence-corrected chi connectivity index (χ4v) is 0.963. The molecule has 16 heavy (non-hydrogen) atoms. The van der Waals surface area contributed by atoms with Gasteiger partial charge < -0.3 is 4.84 Å². The number of nitrogens with zero attached hydrogens (tertiary/aromatic N) is 1. The highest BCUT2D eigenvalue weighted by atomic mass is 16.9. The summed E-state index contributed by atoms with van der Waals surface area (Å²) in [6, 6.07) is 6.47. The van der Waals surface area contributed by atoms with Crippen LogP contribution >= 0.6 is 0 Å². The van der Waals surface area contributed by atoms with Gasteiger partial charge in [-0.25, -0.2) is 0 Å². The Bertz CT molecular complexity index is 346. The average molecular weight is 225 g/mol. The number of Topliss-reactive ketones (excluding diaryl/α,β-unsaturated/α-hetero) is 1. The van der Waals surface area contributed by atoms with E-state index in [9.17, 15) is 14.9 Å². The standard InChI is InChI=1S/C9H9NO4.C2H6/c1-7(11)9-4-2-8(3-5-9)6-14-10(12)13;1-2/h2-5H,6H2,1H3;1-2H3. The second kappa shape index (κ2) is 7.39. The number of benzene rings is 1. The number of carbonyl (C=O) groups excluding carboxylic acids is 1. The third-order valence-corrected chi connectivity index (χ3v) is 1.70. The van der Waals surface area contributed by atoms with Crippen LogP contribution in [-0.2, 0) is 11.4 Å². The first-order valence-electron chi connectivity index (χ1n) is 4.97. The van der Waals surface area contributed by atoms with Crippen LogP contribution in [0.4, 0.5) is 0 Å². The van der Waals surface area contributed by atoms with Crippen molar-refractivity contribution in [3.8, 4) is 0 Å². The molecular formula is C11H15NO4. The first-order chi connectivity index (χ1) is 7.59. The van der Waals surface area contributed by atoms with Crippen LogP contribution in [0.3, 0.4) is 0 Å². The van der Waals surface area contributed by atoms with Crippen LogP contribution in [0, 0.1) is 10.1 Å². The van der Waals surface area contributed by atoms with Gasteiger partial charge in [-0.3, -0.25) is 4.79 Å². The third-order valence-electron chi connectivity index (χ3n) is 1.70. The largest absolute Gasteiger partial charge is 0.309 e. The fourth-order valence-electron chi connectivity index (χ4n) is 0.963. The van der Waals surface area contributed by atoms with Gasteiger partial charge in [0.2, 0.25) is 0 Å². The van der Waals surface area contributed by atoms with E-state index >= 15 is 0 Å². The summed E-state index contributed by atoms with van der Waals surface area (Å²) in [5, 5.41) is 9.03. The molecule has 88 valence electrons. The van der Waals surface area contributed by atoms with Crippen molar-refractivity contribution >= 4 is 5.78 Å². The summed E-state index contributed by atoms with van der Waals surface area (Å²) < 4.78 is 0. The van der Waals surface area contributed by atoms with Gasteiger partial charge in [-0.2, -0.15) is 0 Å². The molecule has 0 N–H and O–H groups in total. The molecule has 0 aliphatic heterocycles. The Morgan fingerprint density at radius 2 is 1.81 bits per heavy atom. The molecule has 1 aromatic rings. The summed E-state index contributed by atoms with van der Waals surface area (Å²) in [5.41, 5.74) is 1.24. The predicted molar refractivity (Wildman–Crippen MR) is 59.6 cm³/mol. The molecule has 0 saturated carbocycles. The van der Waals surface area contributed by atoms with E-state index in [0.29, 0.717) is 11.1 Å². The zero-order chi connectivity index (χ0) is 12.6. The molecule has 5 nitrogen and oxygen atoms in total. The van der Waals surface area contributed by atoms with E-state index in [1.807, 2.05) is 13.8 Å². The zero-order valence-corrected chi connectivity index (χ0v) is 9.60. The highest BCUT2D eigenvalue weighted by Crippen LogP contribution is 2.06. The third kappa shape index (κ3) is 5.09. The van der Waals surface area contributed by atoms with Crippen molar-refractivity contribution in [1.82, 2.24) is 0 Å². The van der Waals surface area contributed by atoms with Crippen molar-refractivity contribution < 1.29 is 14.7 Å². The van der Waals surface area contributed by atoms with Crippen LogP contribution in [0.1, 0.15) is 36.7 Å². The summed E-state index contributed by atoms with van der Waals surface area (Å²) in [6.07, 6.45) is 0. The first kappa shape index (κ1) is 14.1. The Morgan fingerprint density at radius 3 is 2.19 bits per heavy atom. The molecular weight excluding hydrogens is 210 g/mol. The summed E-state index contributed by atoms with van der Waals surface area (Å²) in [7, 11) is 0. The van der Waals surface area contributed by atoms with Gasteiger partial charge in [0, 0.05) is 5.56 Å². The Balaban J connectivity index is 0.00000106. The fraction of sp³-hybridized carbons (Fsp3) is 0.364. The molecule has 0 amide bonds. The molecule has 0 radical (unpaired) electrons. The lowest BCUT2D eigenvalue weighted by atomic mass is 10.1. The number of hydrogen-bond acceptors (Lipinski definition) is 4. The van der Waals surface area contributed by atoms with Gasteiger partial charge in [-0.1, -0.05) is 38.1 Å². The first-order valence-corrected chi connectivity index (χ1v) is 4.97. The van der Waals surface area contributed by atoms with Gasteiger partial charge in [-0.05, 0) is 12.5 Å². The maximum atomic E-state index is 10.9. The lowest BCUT2D eigenvalue weighted by molar-refractivity contribution is -0.763. The van der Waals surface area contributed by atoms with Crippen molar-refractivity contribution in [2.75, 3.05) is 0 Å². The van der Waals surface area contributed by atoms with Gasteiger partial charge in [0.25, 0.3) is 5.09 Å². The molecule has 0 unspecified atom stereocenters. The molecule has 0 aliphatic carbocycles.